The van der Waals surface area contributed by atoms with Crippen molar-refractivity contribution in [2.24, 2.45) is 21.1 Å². The molecule has 7 heteroatoms. The molecule has 8 aromatic rings. The first-order valence-electron chi connectivity index (χ1n) is 16.9. The van der Waals surface area contributed by atoms with Crippen LogP contribution in [-0.4, -0.2) is 28.7 Å². The van der Waals surface area contributed by atoms with Crippen LogP contribution < -0.4 is 0 Å². The van der Waals surface area contributed by atoms with Crippen LogP contribution >= 0.6 is 0 Å². The summed E-state index contributed by atoms with van der Waals surface area (Å²) >= 11 is 0. The van der Waals surface area contributed by atoms with Crippen LogP contribution in [0.25, 0.3) is 56.4 Å². The van der Waals surface area contributed by atoms with Crippen LogP contribution in [0.4, 0.5) is 0 Å². The third-order valence-corrected chi connectivity index (χ3v) is 8.77. The van der Waals surface area contributed by atoms with Crippen LogP contribution in [0.5, 0.6) is 0 Å². The second kappa shape index (κ2) is 17.5. The first-order valence-corrected chi connectivity index (χ1v) is 16.9. The molecule has 0 unspecified atom stereocenters. The van der Waals surface area contributed by atoms with Gasteiger partial charge >= 0.3 is 20.1 Å². The van der Waals surface area contributed by atoms with E-state index in [2.05, 4.69) is 133 Å². The summed E-state index contributed by atoms with van der Waals surface area (Å²) in [5.41, 5.74) is 11.8. The quantitative estimate of drug-likeness (QED) is 0.162. The number of aromatic nitrogens is 6. The molecule has 0 aliphatic carbocycles. The maximum Gasteiger partial charge on any atom is 3.00 e. The summed E-state index contributed by atoms with van der Waals surface area (Å²) in [6.45, 7) is 6.32. The van der Waals surface area contributed by atoms with Gasteiger partial charge in [0.1, 0.15) is 0 Å². The molecule has 0 amide bonds. The SMILES string of the molecule is Cc1ccc[c-]c1-c1nccn1C.Cc1ccccc1-c1c[c-]c(-c2nccn2C)cc1.Cc1ccccc1-c1c[c-]c(-c2nccn2C)cc1.[Ir+3]. The molecule has 0 radical (unpaired) electrons. The Balaban J connectivity index is 0.000000152. The maximum atomic E-state index is 4.34. The molecule has 52 heavy (non-hydrogen) atoms. The molecule has 0 fully saturated rings. The second-order valence-corrected chi connectivity index (χ2v) is 12.4. The van der Waals surface area contributed by atoms with E-state index in [0.29, 0.717) is 0 Å². The number of imidazole rings is 3. The van der Waals surface area contributed by atoms with Gasteiger partial charge in [0.15, 0.2) is 0 Å². The van der Waals surface area contributed by atoms with Crippen LogP contribution in [0, 0.1) is 39.0 Å². The van der Waals surface area contributed by atoms with Crippen molar-refractivity contribution < 1.29 is 20.1 Å². The van der Waals surface area contributed by atoms with Crippen LogP contribution in [0.2, 0.25) is 0 Å². The van der Waals surface area contributed by atoms with Gasteiger partial charge in [-0.2, -0.15) is 0 Å². The van der Waals surface area contributed by atoms with Gasteiger partial charge in [-0.25, -0.2) is 0 Å². The van der Waals surface area contributed by atoms with Crippen molar-refractivity contribution in [3.63, 3.8) is 0 Å². The molecule has 5 aromatic carbocycles. The average Bonchev–Trinajstić information content (AvgIpc) is 3.91. The van der Waals surface area contributed by atoms with E-state index in [1.165, 1.54) is 38.9 Å². The number of aryl methyl sites for hydroxylation is 6. The molecule has 0 atom stereocenters. The molecular formula is C45H41IrN6. The monoisotopic (exact) mass is 858 g/mol. The van der Waals surface area contributed by atoms with Crippen LogP contribution in [0.3, 0.4) is 0 Å². The molecule has 0 aliphatic heterocycles. The van der Waals surface area contributed by atoms with E-state index in [1.807, 2.05) is 77.7 Å². The van der Waals surface area contributed by atoms with Crippen molar-refractivity contribution in [2.75, 3.05) is 0 Å². The van der Waals surface area contributed by atoms with Crippen LogP contribution in [0.1, 0.15) is 16.7 Å². The van der Waals surface area contributed by atoms with E-state index in [9.17, 15) is 0 Å². The van der Waals surface area contributed by atoms with Crippen molar-refractivity contribution in [3.05, 3.63) is 175 Å². The van der Waals surface area contributed by atoms with E-state index in [0.717, 1.165) is 34.2 Å². The van der Waals surface area contributed by atoms with Gasteiger partial charge in [-0.15, -0.1) is 95.1 Å². The third-order valence-electron chi connectivity index (χ3n) is 8.77. The second-order valence-electron chi connectivity index (χ2n) is 12.4. The van der Waals surface area contributed by atoms with Gasteiger partial charge in [0, 0.05) is 58.3 Å². The minimum Gasteiger partial charge on any atom is -0.373 e. The Bertz CT molecular complexity index is 2200. The summed E-state index contributed by atoms with van der Waals surface area (Å²) < 4.78 is 6.00. The smallest absolute Gasteiger partial charge is 0.373 e. The number of rotatable bonds is 5. The zero-order chi connectivity index (χ0) is 35.7. The molecule has 6 nitrogen and oxygen atoms in total. The largest absolute Gasteiger partial charge is 3.00 e. The van der Waals surface area contributed by atoms with E-state index in [4.69, 9.17) is 0 Å². The predicted octanol–water partition coefficient (Wildman–Crippen LogP) is 9.92. The first-order chi connectivity index (χ1) is 24.8. The molecule has 3 heterocycles. The van der Waals surface area contributed by atoms with Crippen molar-refractivity contribution >= 4 is 0 Å². The molecule has 3 aromatic heterocycles. The van der Waals surface area contributed by atoms with E-state index < -0.39 is 0 Å². The Morgan fingerprint density at radius 2 is 0.885 bits per heavy atom. The summed E-state index contributed by atoms with van der Waals surface area (Å²) in [7, 11) is 5.97. The Kier molecular flexibility index (Phi) is 12.7. The van der Waals surface area contributed by atoms with Crippen LogP contribution in [0.15, 0.2) is 140 Å². The zero-order valence-electron chi connectivity index (χ0n) is 30.3. The Morgan fingerprint density at radius 1 is 0.462 bits per heavy atom. The van der Waals surface area contributed by atoms with Crippen LogP contribution in [-0.2, 0) is 41.2 Å². The van der Waals surface area contributed by atoms with Gasteiger partial charge in [-0.1, -0.05) is 88.8 Å². The fourth-order valence-electron chi connectivity index (χ4n) is 5.88. The summed E-state index contributed by atoms with van der Waals surface area (Å²) in [6, 6.07) is 45.1. The van der Waals surface area contributed by atoms with E-state index in [-0.39, 0.29) is 20.1 Å². The number of nitrogens with zero attached hydrogens (tertiary/aromatic N) is 6. The molecule has 0 saturated heterocycles. The van der Waals surface area contributed by atoms with E-state index in [1.54, 1.807) is 18.6 Å². The summed E-state index contributed by atoms with van der Waals surface area (Å²) in [4.78, 5) is 13.0. The van der Waals surface area contributed by atoms with E-state index >= 15 is 0 Å². The Morgan fingerprint density at radius 3 is 1.25 bits per heavy atom. The molecule has 260 valence electrons. The Hall–Kier alpha value is -5.62. The Labute approximate surface area is 320 Å². The number of hydrogen-bond acceptors (Lipinski definition) is 3. The number of benzene rings is 5. The van der Waals surface area contributed by atoms with Crippen molar-refractivity contribution in [1.29, 1.82) is 0 Å². The molecule has 0 spiro atoms. The standard InChI is InChI=1S/2C17H15N2.C11H11N2.Ir/c2*1-13-5-3-4-6-16(13)14-7-9-15(10-8-14)17-18-11-12-19(17)2;1-9-5-3-4-6-10(9)11-12-7-8-13(11)2;/h2*3-9,11-12H,1-2H3;3-5,7-8H,1-2H3;/q3*-1;+3. The predicted molar refractivity (Wildman–Crippen MR) is 208 cm³/mol. The molecule has 0 saturated carbocycles. The normalized spacial score (nSPS) is 10.3. The zero-order valence-corrected chi connectivity index (χ0v) is 32.7. The molecule has 0 aliphatic rings. The maximum absolute atomic E-state index is 4.34. The fourth-order valence-corrected chi connectivity index (χ4v) is 5.88. The first kappa shape index (κ1) is 37.6. The molecule has 8 rings (SSSR count). The van der Waals surface area contributed by atoms with Gasteiger partial charge < -0.3 is 13.7 Å². The van der Waals surface area contributed by atoms with Crippen molar-refractivity contribution in [3.8, 4) is 56.4 Å². The van der Waals surface area contributed by atoms with Gasteiger partial charge in [-0.3, -0.25) is 15.0 Å². The minimum atomic E-state index is 0. The summed E-state index contributed by atoms with van der Waals surface area (Å²) in [6.07, 6.45) is 11.2. The average molecular weight is 858 g/mol. The van der Waals surface area contributed by atoms with Gasteiger partial charge in [0.05, 0.1) is 17.5 Å². The van der Waals surface area contributed by atoms with Crippen molar-refractivity contribution in [2.45, 2.75) is 20.8 Å². The minimum absolute atomic E-state index is 0. The number of hydrogen-bond donors (Lipinski definition) is 0. The summed E-state index contributed by atoms with van der Waals surface area (Å²) in [5.74, 6) is 2.85. The molecular weight excluding hydrogens is 817 g/mol. The molecule has 0 N–H and O–H groups in total. The summed E-state index contributed by atoms with van der Waals surface area (Å²) in [5, 5.41) is 0. The van der Waals surface area contributed by atoms with Gasteiger partial charge in [0.25, 0.3) is 0 Å². The third kappa shape index (κ3) is 8.81. The molecule has 0 bridgehead atoms. The topological polar surface area (TPSA) is 53.5 Å². The van der Waals surface area contributed by atoms with Crippen molar-refractivity contribution in [1.82, 2.24) is 28.7 Å². The van der Waals surface area contributed by atoms with Gasteiger partial charge in [0.2, 0.25) is 0 Å². The fraction of sp³-hybridized carbons (Fsp3) is 0.133. The van der Waals surface area contributed by atoms with Gasteiger partial charge in [-0.05, 0) is 13.8 Å².